The molecule has 0 aromatic heterocycles. The van der Waals surface area contributed by atoms with E-state index in [9.17, 15) is 4.79 Å². The molecule has 0 radical (unpaired) electrons. The molecule has 3 nitrogen and oxygen atoms in total. The van der Waals surface area contributed by atoms with Crippen LogP contribution in [0.5, 0.6) is 0 Å². The van der Waals surface area contributed by atoms with E-state index in [1.54, 1.807) is 0 Å². The smallest absolute Gasteiger partial charge is 0.340 e. The van der Waals surface area contributed by atoms with Gasteiger partial charge >= 0.3 is 5.97 Å². The Morgan fingerprint density at radius 1 is 1.40 bits per heavy atom. The Balaban J connectivity index is 1.95. The van der Waals surface area contributed by atoms with E-state index in [4.69, 9.17) is 21.1 Å². The second-order valence-electron chi connectivity index (χ2n) is 5.31. The zero-order valence-electron chi connectivity index (χ0n) is 12.0. The molecule has 0 spiro atoms. The van der Waals surface area contributed by atoms with Gasteiger partial charge in [0, 0.05) is 5.02 Å². The Labute approximate surface area is 125 Å². The molecule has 2 rings (SSSR count). The highest BCUT2D eigenvalue weighted by atomic mass is 35.5. The number of halogens is 1. The van der Waals surface area contributed by atoms with Crippen molar-refractivity contribution < 1.29 is 14.3 Å². The lowest BCUT2D eigenvalue weighted by molar-refractivity contribution is -0.150. The zero-order chi connectivity index (χ0) is 14.6. The average molecular weight is 297 g/mol. The SMILES string of the molecule is CCOC(=O)C1(CC(CC)Cc2ccc(Cl)cc2)CO1. The Kier molecular flexibility index (Phi) is 5.06. The van der Waals surface area contributed by atoms with E-state index < -0.39 is 5.60 Å². The lowest BCUT2D eigenvalue weighted by atomic mass is 9.88. The number of carbonyl (C=O) groups is 1. The molecule has 1 saturated heterocycles. The van der Waals surface area contributed by atoms with E-state index >= 15 is 0 Å². The van der Waals surface area contributed by atoms with Crippen molar-refractivity contribution in [1.82, 2.24) is 0 Å². The van der Waals surface area contributed by atoms with E-state index in [-0.39, 0.29) is 5.97 Å². The Morgan fingerprint density at radius 3 is 2.55 bits per heavy atom. The topological polar surface area (TPSA) is 38.8 Å². The molecule has 1 aromatic rings. The number of carbonyl (C=O) groups excluding carboxylic acids is 1. The van der Waals surface area contributed by atoms with Crippen LogP contribution in [0.2, 0.25) is 5.02 Å². The van der Waals surface area contributed by atoms with Gasteiger partial charge in [0.2, 0.25) is 0 Å². The summed E-state index contributed by atoms with van der Waals surface area (Å²) in [7, 11) is 0. The highest BCUT2D eigenvalue weighted by molar-refractivity contribution is 6.30. The van der Waals surface area contributed by atoms with E-state index in [1.807, 2.05) is 31.2 Å². The predicted octanol–water partition coefficient (Wildman–Crippen LogP) is 3.63. The van der Waals surface area contributed by atoms with Gasteiger partial charge in [0.05, 0.1) is 13.2 Å². The first-order valence-electron chi connectivity index (χ1n) is 7.15. The number of hydrogen-bond donors (Lipinski definition) is 0. The van der Waals surface area contributed by atoms with Gasteiger partial charge < -0.3 is 9.47 Å². The van der Waals surface area contributed by atoms with Crippen molar-refractivity contribution in [2.45, 2.75) is 38.7 Å². The maximum atomic E-state index is 11.9. The van der Waals surface area contributed by atoms with Crippen molar-refractivity contribution in [3.05, 3.63) is 34.9 Å². The van der Waals surface area contributed by atoms with Crippen molar-refractivity contribution in [2.24, 2.45) is 5.92 Å². The van der Waals surface area contributed by atoms with Gasteiger partial charge in [0.1, 0.15) is 0 Å². The van der Waals surface area contributed by atoms with Crippen molar-refractivity contribution >= 4 is 17.6 Å². The minimum atomic E-state index is -0.677. The summed E-state index contributed by atoms with van der Waals surface area (Å²) in [5.74, 6) is 0.192. The van der Waals surface area contributed by atoms with Crippen molar-refractivity contribution in [1.29, 1.82) is 0 Å². The first kappa shape index (κ1) is 15.3. The number of epoxide rings is 1. The van der Waals surface area contributed by atoms with Gasteiger partial charge in [0.25, 0.3) is 0 Å². The van der Waals surface area contributed by atoms with Gasteiger partial charge in [-0.25, -0.2) is 4.79 Å². The molecular weight excluding hydrogens is 276 g/mol. The van der Waals surface area contributed by atoms with Crippen LogP contribution >= 0.6 is 11.6 Å². The maximum Gasteiger partial charge on any atom is 0.340 e. The lowest BCUT2D eigenvalue weighted by Crippen LogP contribution is -2.30. The fourth-order valence-electron chi connectivity index (χ4n) is 2.45. The minimum Gasteiger partial charge on any atom is -0.464 e. The number of esters is 1. The van der Waals surface area contributed by atoms with Crippen LogP contribution in [0.15, 0.2) is 24.3 Å². The molecule has 1 aliphatic rings. The number of rotatable bonds is 7. The highest BCUT2D eigenvalue weighted by Crippen LogP contribution is 2.37. The second-order valence-corrected chi connectivity index (χ2v) is 5.75. The van der Waals surface area contributed by atoms with Crippen LogP contribution in [-0.2, 0) is 20.7 Å². The predicted molar refractivity (Wildman–Crippen MR) is 78.9 cm³/mol. The first-order chi connectivity index (χ1) is 9.59. The van der Waals surface area contributed by atoms with Crippen LogP contribution in [0.3, 0.4) is 0 Å². The third-order valence-corrected chi connectivity index (χ3v) is 4.03. The second kappa shape index (κ2) is 6.59. The summed E-state index contributed by atoms with van der Waals surface area (Å²) in [6.07, 6.45) is 2.66. The summed E-state index contributed by atoms with van der Waals surface area (Å²) in [5.41, 5.74) is 0.559. The van der Waals surface area contributed by atoms with Crippen LogP contribution in [-0.4, -0.2) is 24.8 Å². The van der Waals surface area contributed by atoms with Gasteiger partial charge in [0.15, 0.2) is 5.60 Å². The fraction of sp³-hybridized carbons (Fsp3) is 0.562. The quantitative estimate of drug-likeness (QED) is 0.570. The summed E-state index contributed by atoms with van der Waals surface area (Å²) in [6, 6.07) is 7.88. The van der Waals surface area contributed by atoms with Crippen molar-refractivity contribution in [2.75, 3.05) is 13.2 Å². The normalized spacial score (nSPS) is 22.4. The van der Waals surface area contributed by atoms with Crippen LogP contribution in [0.1, 0.15) is 32.3 Å². The van der Waals surface area contributed by atoms with E-state index in [1.165, 1.54) is 5.56 Å². The number of ether oxygens (including phenoxy) is 2. The summed E-state index contributed by atoms with van der Waals surface area (Å²) in [5, 5.41) is 0.746. The molecule has 1 fully saturated rings. The molecule has 0 aliphatic carbocycles. The highest BCUT2D eigenvalue weighted by Gasteiger charge is 2.54. The van der Waals surface area contributed by atoms with Gasteiger partial charge in [-0.1, -0.05) is 37.1 Å². The molecule has 4 heteroatoms. The third-order valence-electron chi connectivity index (χ3n) is 3.77. The van der Waals surface area contributed by atoms with Crippen LogP contribution in [0.4, 0.5) is 0 Å². The minimum absolute atomic E-state index is 0.213. The molecule has 110 valence electrons. The largest absolute Gasteiger partial charge is 0.464 e. The molecule has 1 aliphatic heterocycles. The first-order valence-corrected chi connectivity index (χ1v) is 7.53. The molecule has 0 saturated carbocycles. The van der Waals surface area contributed by atoms with Crippen LogP contribution in [0.25, 0.3) is 0 Å². The Bertz CT molecular complexity index is 451. The standard InChI is InChI=1S/C16H21ClO3/c1-3-12(9-13-5-7-14(17)8-6-13)10-16(11-20-16)15(18)19-4-2/h5-8,12H,3-4,9-11H2,1-2H3. The molecule has 2 unspecified atom stereocenters. The van der Waals surface area contributed by atoms with Gasteiger partial charge in [-0.05, 0) is 43.4 Å². The molecule has 1 heterocycles. The summed E-state index contributed by atoms with van der Waals surface area (Å²) >= 11 is 5.89. The van der Waals surface area contributed by atoms with E-state index in [0.717, 1.165) is 24.3 Å². The van der Waals surface area contributed by atoms with Gasteiger partial charge in [-0.2, -0.15) is 0 Å². The Hall–Kier alpha value is -1.06. The molecule has 0 amide bonds. The van der Waals surface area contributed by atoms with Gasteiger partial charge in [-0.3, -0.25) is 0 Å². The monoisotopic (exact) mass is 296 g/mol. The number of benzene rings is 1. The molecule has 0 N–H and O–H groups in total. The van der Waals surface area contributed by atoms with Crippen molar-refractivity contribution in [3.63, 3.8) is 0 Å². The third kappa shape index (κ3) is 3.74. The molecule has 0 bridgehead atoms. The molecular formula is C16H21ClO3. The van der Waals surface area contributed by atoms with Gasteiger partial charge in [-0.15, -0.1) is 0 Å². The van der Waals surface area contributed by atoms with Crippen LogP contribution < -0.4 is 0 Å². The number of hydrogen-bond acceptors (Lipinski definition) is 3. The molecule has 1 aromatic carbocycles. The summed E-state index contributed by atoms with van der Waals surface area (Å²) in [6.45, 7) is 4.85. The fourth-order valence-corrected chi connectivity index (χ4v) is 2.58. The molecule has 2 atom stereocenters. The van der Waals surface area contributed by atoms with Crippen LogP contribution in [0, 0.1) is 5.92 Å². The Morgan fingerprint density at radius 2 is 2.05 bits per heavy atom. The lowest BCUT2D eigenvalue weighted by Gasteiger charge is -2.19. The molecule has 20 heavy (non-hydrogen) atoms. The van der Waals surface area contributed by atoms with Crippen molar-refractivity contribution in [3.8, 4) is 0 Å². The average Bonchev–Trinajstić information content (AvgIpc) is 3.22. The maximum absolute atomic E-state index is 11.9. The summed E-state index contributed by atoms with van der Waals surface area (Å²) in [4.78, 5) is 11.9. The zero-order valence-corrected chi connectivity index (χ0v) is 12.8. The summed E-state index contributed by atoms with van der Waals surface area (Å²) < 4.78 is 10.5. The van der Waals surface area contributed by atoms with E-state index in [0.29, 0.717) is 19.1 Å². The van der Waals surface area contributed by atoms with E-state index in [2.05, 4.69) is 6.92 Å².